The van der Waals surface area contributed by atoms with Crippen molar-refractivity contribution in [2.24, 2.45) is 0 Å². The van der Waals surface area contributed by atoms with Crippen LogP contribution in [0, 0.1) is 0 Å². The van der Waals surface area contributed by atoms with E-state index in [0.29, 0.717) is 62.5 Å². The third kappa shape index (κ3) is 5.36. The Balaban J connectivity index is 1.35. The molecule has 2 fully saturated rings. The molecule has 1 aliphatic heterocycles. The Labute approximate surface area is 206 Å². The topological polar surface area (TPSA) is 87.4 Å². The molecule has 1 N–H and O–H groups in total. The van der Waals surface area contributed by atoms with E-state index >= 15 is 0 Å². The maximum absolute atomic E-state index is 13.0. The van der Waals surface area contributed by atoms with Crippen molar-refractivity contribution < 1.29 is 23.1 Å². The highest BCUT2D eigenvalue weighted by Crippen LogP contribution is 2.36. The molecule has 11 heteroatoms. The Morgan fingerprint density at radius 3 is 2.44 bits per heavy atom. The molecule has 36 heavy (non-hydrogen) atoms. The van der Waals surface area contributed by atoms with Crippen LogP contribution in [0.25, 0.3) is 11.2 Å². The average molecular weight is 503 g/mol. The summed E-state index contributed by atoms with van der Waals surface area (Å²) in [6.07, 6.45) is 1.80. The number of nitrogens with zero attached hydrogens (tertiary/aromatic N) is 6. The molecule has 5 rings (SSSR count). The number of likely N-dealkylation sites (tertiary alicyclic amines) is 1. The van der Waals surface area contributed by atoms with Crippen molar-refractivity contribution in [2.45, 2.75) is 63.5 Å². The summed E-state index contributed by atoms with van der Waals surface area (Å²) in [4.78, 5) is 29.0. The number of aromatic nitrogens is 4. The first-order valence-electron chi connectivity index (χ1n) is 12.1. The first-order chi connectivity index (χ1) is 17.1. The molecule has 0 radical (unpaired) electrons. The fraction of sp³-hybridized carbons (Fsp3) is 0.520. The second-order valence-corrected chi connectivity index (χ2v) is 10.00. The minimum Gasteiger partial charge on any atom is -0.388 e. The number of imidazole rings is 1. The Morgan fingerprint density at radius 2 is 1.83 bits per heavy atom. The molecular weight excluding hydrogens is 473 g/mol. The number of benzene rings is 1. The lowest BCUT2D eigenvalue weighted by molar-refractivity contribution is -0.137. The summed E-state index contributed by atoms with van der Waals surface area (Å²) in [7, 11) is 0. The van der Waals surface area contributed by atoms with E-state index in [-0.39, 0.29) is 11.8 Å². The molecule has 0 spiro atoms. The minimum atomic E-state index is -4.37. The zero-order chi connectivity index (χ0) is 25.5. The normalized spacial score (nSPS) is 18.5. The van der Waals surface area contributed by atoms with Gasteiger partial charge in [-0.15, -0.1) is 0 Å². The summed E-state index contributed by atoms with van der Waals surface area (Å²) < 4.78 is 40.7. The van der Waals surface area contributed by atoms with Gasteiger partial charge in [-0.05, 0) is 50.3 Å². The minimum absolute atomic E-state index is 0.113. The summed E-state index contributed by atoms with van der Waals surface area (Å²) in [6, 6.07) is 5.46. The van der Waals surface area contributed by atoms with E-state index in [1.165, 1.54) is 18.5 Å². The quantitative estimate of drug-likeness (QED) is 0.505. The van der Waals surface area contributed by atoms with E-state index in [9.17, 15) is 23.1 Å². The molecule has 1 aromatic carbocycles. The number of carbonyl (C=O) groups excluding carboxylic acids is 1. The van der Waals surface area contributed by atoms with Crippen LogP contribution in [-0.4, -0.2) is 66.6 Å². The van der Waals surface area contributed by atoms with Crippen molar-refractivity contribution in [1.29, 1.82) is 0 Å². The van der Waals surface area contributed by atoms with E-state index < -0.39 is 17.3 Å². The highest BCUT2D eigenvalue weighted by molar-refractivity contribution is 5.83. The van der Waals surface area contributed by atoms with E-state index in [4.69, 9.17) is 0 Å². The van der Waals surface area contributed by atoms with Gasteiger partial charge >= 0.3 is 6.18 Å². The van der Waals surface area contributed by atoms with E-state index in [0.717, 1.165) is 30.5 Å². The lowest BCUT2D eigenvalue weighted by atomic mass is 9.91. The number of alkyl halides is 3. The second kappa shape index (κ2) is 9.44. The van der Waals surface area contributed by atoms with Crippen LogP contribution in [0.2, 0.25) is 0 Å². The molecule has 2 aliphatic rings. The molecule has 1 aliphatic carbocycles. The summed E-state index contributed by atoms with van der Waals surface area (Å²) in [5.41, 5.74) is 0.374. The Morgan fingerprint density at radius 1 is 1.14 bits per heavy atom. The highest BCUT2D eigenvalue weighted by atomic mass is 19.4. The molecular formula is C25H29F3N6O2. The lowest BCUT2D eigenvalue weighted by Gasteiger charge is -2.38. The SMILES string of the molecule is CC(=O)CN1CCC(O)(Cn2cnc3c(N(Cc4ccc(C(F)(F)F)cc4)C4CC4)ncnc32)CC1. The first kappa shape index (κ1) is 24.6. The molecule has 192 valence electrons. The van der Waals surface area contributed by atoms with Crippen LogP contribution in [-0.2, 0) is 24.1 Å². The van der Waals surface area contributed by atoms with E-state index in [2.05, 4.69) is 24.8 Å². The Hall–Kier alpha value is -3.05. The van der Waals surface area contributed by atoms with E-state index in [1.54, 1.807) is 13.3 Å². The van der Waals surface area contributed by atoms with Gasteiger partial charge in [0, 0.05) is 25.7 Å². The van der Waals surface area contributed by atoms with Gasteiger partial charge in [-0.2, -0.15) is 13.2 Å². The van der Waals surface area contributed by atoms with Crippen molar-refractivity contribution in [3.05, 3.63) is 48.0 Å². The van der Waals surface area contributed by atoms with Gasteiger partial charge in [0.1, 0.15) is 12.1 Å². The van der Waals surface area contributed by atoms with Crippen molar-refractivity contribution in [3.63, 3.8) is 0 Å². The molecule has 3 heterocycles. The number of anilines is 1. The molecule has 1 saturated heterocycles. The molecule has 0 amide bonds. The standard InChI is InChI=1S/C25H29F3N6O2/c1-17(35)12-32-10-8-24(36,9-11-32)14-33-16-31-21-22(33)29-15-30-23(21)34(20-6-7-20)13-18-2-4-19(5-3-18)25(26,27)28/h2-5,15-16,20,36H,6-14H2,1H3. The van der Waals surface area contributed by atoms with Crippen LogP contribution < -0.4 is 4.90 Å². The zero-order valence-electron chi connectivity index (χ0n) is 20.1. The summed E-state index contributed by atoms with van der Waals surface area (Å²) in [5, 5.41) is 11.2. The van der Waals surface area contributed by atoms with Gasteiger partial charge in [0.15, 0.2) is 17.0 Å². The summed E-state index contributed by atoms with van der Waals surface area (Å²) >= 11 is 0. The summed E-state index contributed by atoms with van der Waals surface area (Å²) in [6.45, 7) is 4.00. The van der Waals surface area contributed by atoms with Gasteiger partial charge in [-0.1, -0.05) is 12.1 Å². The van der Waals surface area contributed by atoms with Crippen LogP contribution in [0.4, 0.5) is 19.0 Å². The number of rotatable bonds is 8. The molecule has 0 unspecified atom stereocenters. The monoisotopic (exact) mass is 502 g/mol. The fourth-order valence-corrected chi connectivity index (χ4v) is 4.87. The molecule has 1 saturated carbocycles. The second-order valence-electron chi connectivity index (χ2n) is 10.00. The number of fused-ring (bicyclic) bond motifs is 1. The zero-order valence-corrected chi connectivity index (χ0v) is 20.1. The van der Waals surface area contributed by atoms with Crippen molar-refractivity contribution >= 4 is 22.8 Å². The molecule has 0 bridgehead atoms. The van der Waals surface area contributed by atoms with Gasteiger partial charge in [0.25, 0.3) is 0 Å². The van der Waals surface area contributed by atoms with Crippen molar-refractivity contribution in [1.82, 2.24) is 24.4 Å². The third-order valence-electron chi connectivity index (χ3n) is 6.97. The number of halogens is 3. The van der Waals surface area contributed by atoms with Gasteiger partial charge in [-0.25, -0.2) is 15.0 Å². The first-order valence-corrected chi connectivity index (χ1v) is 12.1. The number of hydrogen-bond acceptors (Lipinski definition) is 7. The Kier molecular flexibility index (Phi) is 6.46. The largest absolute Gasteiger partial charge is 0.416 e. The van der Waals surface area contributed by atoms with Crippen LogP contribution in [0.5, 0.6) is 0 Å². The van der Waals surface area contributed by atoms with Gasteiger partial charge < -0.3 is 14.6 Å². The van der Waals surface area contributed by atoms with Crippen LogP contribution in [0.3, 0.4) is 0 Å². The number of aliphatic hydroxyl groups is 1. The maximum Gasteiger partial charge on any atom is 0.416 e. The van der Waals surface area contributed by atoms with Gasteiger partial charge in [0.2, 0.25) is 0 Å². The smallest absolute Gasteiger partial charge is 0.388 e. The predicted octanol–water partition coefficient (Wildman–Crippen LogP) is 3.43. The molecule has 2 aromatic heterocycles. The third-order valence-corrected chi connectivity index (χ3v) is 6.97. The number of hydrogen-bond donors (Lipinski definition) is 1. The van der Waals surface area contributed by atoms with E-state index in [1.807, 2.05) is 4.57 Å². The van der Waals surface area contributed by atoms with Crippen molar-refractivity contribution in [2.75, 3.05) is 24.5 Å². The van der Waals surface area contributed by atoms with Gasteiger partial charge in [0.05, 0.1) is 30.6 Å². The fourth-order valence-electron chi connectivity index (χ4n) is 4.87. The predicted molar refractivity (Wildman–Crippen MR) is 127 cm³/mol. The molecule has 0 atom stereocenters. The average Bonchev–Trinajstić information content (AvgIpc) is 3.59. The number of ketones is 1. The highest BCUT2D eigenvalue weighted by Gasteiger charge is 2.35. The number of piperidine rings is 1. The Bertz CT molecular complexity index is 1230. The lowest BCUT2D eigenvalue weighted by Crippen LogP contribution is -2.47. The van der Waals surface area contributed by atoms with Gasteiger partial charge in [-0.3, -0.25) is 9.69 Å². The van der Waals surface area contributed by atoms with Crippen molar-refractivity contribution in [3.8, 4) is 0 Å². The summed E-state index contributed by atoms with van der Waals surface area (Å²) in [5.74, 6) is 0.756. The molecule has 3 aromatic rings. The number of carbonyl (C=O) groups is 1. The maximum atomic E-state index is 13.0. The van der Waals surface area contributed by atoms with Crippen LogP contribution >= 0.6 is 0 Å². The molecule has 8 nitrogen and oxygen atoms in total. The number of Topliss-reactive ketones (excluding diaryl/α,β-unsaturated/α-hetero) is 1. The van der Waals surface area contributed by atoms with Crippen LogP contribution in [0.1, 0.15) is 43.7 Å². The van der Waals surface area contributed by atoms with Crippen LogP contribution in [0.15, 0.2) is 36.9 Å².